The molecule has 0 atom stereocenters. The van der Waals surface area contributed by atoms with E-state index < -0.39 is 0 Å². The smallest absolute Gasteiger partial charge is 0.323 e. The van der Waals surface area contributed by atoms with Crippen LogP contribution in [0.25, 0.3) is 0 Å². The molecule has 0 aliphatic heterocycles. The number of hydrogen-bond acceptors (Lipinski definition) is 3. The van der Waals surface area contributed by atoms with Gasteiger partial charge in [-0.2, -0.15) is 0 Å². The molecule has 3 rings (SSSR count). The highest BCUT2D eigenvalue weighted by atomic mass is 16.5. The van der Waals surface area contributed by atoms with Gasteiger partial charge >= 0.3 is 6.03 Å². The summed E-state index contributed by atoms with van der Waals surface area (Å²) in [6.45, 7) is 2.00. The van der Waals surface area contributed by atoms with Gasteiger partial charge in [0.2, 0.25) is 0 Å². The third kappa shape index (κ3) is 6.39. The molecule has 148 valence electrons. The average molecular weight is 389 g/mol. The van der Waals surface area contributed by atoms with Crippen LogP contribution in [0.4, 0.5) is 21.9 Å². The summed E-state index contributed by atoms with van der Waals surface area (Å²) in [5.74, 6) is 0.397. The molecular formula is C23H23N3O3. The summed E-state index contributed by atoms with van der Waals surface area (Å²) < 4.78 is 5.50. The van der Waals surface area contributed by atoms with Crippen LogP contribution in [0.2, 0.25) is 0 Å². The standard InChI is InChI=1S/C23H23N3O3/c1-2-17-8-14-21(15-9-17)29-16-22(27)24-19-10-12-20(13-11-19)26-23(28)25-18-6-4-3-5-7-18/h3-15H,2,16H2,1H3,(H,24,27)(H2,25,26,28). The van der Waals surface area contributed by atoms with Crippen LogP contribution in [0.15, 0.2) is 78.9 Å². The Hall–Kier alpha value is -3.80. The van der Waals surface area contributed by atoms with Crippen molar-refractivity contribution in [3.05, 3.63) is 84.4 Å². The van der Waals surface area contributed by atoms with Crippen molar-refractivity contribution in [2.45, 2.75) is 13.3 Å². The van der Waals surface area contributed by atoms with Gasteiger partial charge in [-0.3, -0.25) is 4.79 Å². The first-order valence-electron chi connectivity index (χ1n) is 9.37. The van der Waals surface area contributed by atoms with Crippen molar-refractivity contribution >= 4 is 29.0 Å². The molecule has 3 aromatic rings. The Morgan fingerprint density at radius 2 is 1.28 bits per heavy atom. The largest absolute Gasteiger partial charge is 0.484 e. The van der Waals surface area contributed by atoms with E-state index in [0.717, 1.165) is 6.42 Å². The zero-order valence-corrected chi connectivity index (χ0v) is 16.1. The molecule has 0 fully saturated rings. The van der Waals surface area contributed by atoms with Crippen molar-refractivity contribution in [1.29, 1.82) is 0 Å². The lowest BCUT2D eigenvalue weighted by Gasteiger charge is -2.10. The van der Waals surface area contributed by atoms with Gasteiger partial charge in [-0.05, 0) is 60.5 Å². The van der Waals surface area contributed by atoms with E-state index in [0.29, 0.717) is 22.8 Å². The molecule has 3 N–H and O–H groups in total. The number of ether oxygens (including phenoxy) is 1. The van der Waals surface area contributed by atoms with Gasteiger partial charge in [0.25, 0.3) is 5.91 Å². The summed E-state index contributed by atoms with van der Waals surface area (Å²) in [4.78, 5) is 24.1. The molecule has 0 saturated carbocycles. The fraction of sp³-hybridized carbons (Fsp3) is 0.130. The Kier molecular flexibility index (Phi) is 6.84. The highest BCUT2D eigenvalue weighted by Crippen LogP contribution is 2.15. The van der Waals surface area contributed by atoms with E-state index in [1.165, 1.54) is 5.56 Å². The molecule has 6 heteroatoms. The molecule has 29 heavy (non-hydrogen) atoms. The number of urea groups is 1. The Morgan fingerprint density at radius 3 is 1.86 bits per heavy atom. The van der Waals surface area contributed by atoms with Crippen LogP contribution >= 0.6 is 0 Å². The fourth-order valence-electron chi connectivity index (χ4n) is 2.62. The topological polar surface area (TPSA) is 79.5 Å². The van der Waals surface area contributed by atoms with E-state index in [4.69, 9.17) is 4.74 Å². The van der Waals surface area contributed by atoms with E-state index in [-0.39, 0.29) is 18.5 Å². The lowest BCUT2D eigenvalue weighted by molar-refractivity contribution is -0.118. The van der Waals surface area contributed by atoms with E-state index in [9.17, 15) is 9.59 Å². The molecule has 0 radical (unpaired) electrons. The summed E-state index contributed by atoms with van der Waals surface area (Å²) >= 11 is 0. The van der Waals surface area contributed by atoms with Gasteiger partial charge in [0.15, 0.2) is 6.61 Å². The number of carbonyl (C=O) groups is 2. The van der Waals surface area contributed by atoms with E-state index in [1.807, 2.05) is 42.5 Å². The third-order valence-corrected chi connectivity index (χ3v) is 4.16. The van der Waals surface area contributed by atoms with Crippen molar-refractivity contribution in [2.75, 3.05) is 22.6 Å². The number of para-hydroxylation sites is 1. The van der Waals surface area contributed by atoms with Gasteiger partial charge in [-0.1, -0.05) is 37.3 Å². The maximum absolute atomic E-state index is 12.1. The van der Waals surface area contributed by atoms with Crippen molar-refractivity contribution in [3.8, 4) is 5.75 Å². The molecule has 0 aliphatic carbocycles. The van der Waals surface area contributed by atoms with Gasteiger partial charge in [0.05, 0.1) is 0 Å². The normalized spacial score (nSPS) is 10.1. The van der Waals surface area contributed by atoms with Crippen molar-refractivity contribution in [3.63, 3.8) is 0 Å². The first-order valence-corrected chi connectivity index (χ1v) is 9.37. The molecule has 0 aromatic heterocycles. The average Bonchev–Trinajstić information content (AvgIpc) is 2.75. The molecule has 6 nitrogen and oxygen atoms in total. The monoisotopic (exact) mass is 389 g/mol. The minimum atomic E-state index is -0.338. The number of carbonyl (C=O) groups excluding carboxylic acids is 2. The van der Waals surface area contributed by atoms with E-state index >= 15 is 0 Å². The lowest BCUT2D eigenvalue weighted by Crippen LogP contribution is -2.20. The summed E-state index contributed by atoms with van der Waals surface area (Å²) in [6, 6.07) is 23.4. The number of anilines is 3. The predicted molar refractivity (Wildman–Crippen MR) is 115 cm³/mol. The van der Waals surface area contributed by atoms with Crippen LogP contribution < -0.4 is 20.7 Å². The van der Waals surface area contributed by atoms with E-state index in [1.54, 1.807) is 36.4 Å². The maximum atomic E-state index is 12.1. The van der Waals surface area contributed by atoms with Crippen LogP contribution in [-0.4, -0.2) is 18.5 Å². The second-order valence-electron chi connectivity index (χ2n) is 6.36. The van der Waals surface area contributed by atoms with Crippen molar-refractivity contribution in [1.82, 2.24) is 0 Å². The third-order valence-electron chi connectivity index (χ3n) is 4.16. The zero-order chi connectivity index (χ0) is 20.5. The van der Waals surface area contributed by atoms with Gasteiger partial charge in [0.1, 0.15) is 5.75 Å². The molecular weight excluding hydrogens is 366 g/mol. The van der Waals surface area contributed by atoms with E-state index in [2.05, 4.69) is 22.9 Å². The molecule has 0 aliphatic rings. The van der Waals surface area contributed by atoms with Crippen LogP contribution in [0.1, 0.15) is 12.5 Å². The Bertz CT molecular complexity index is 939. The number of nitrogens with one attached hydrogen (secondary N) is 3. The SMILES string of the molecule is CCc1ccc(OCC(=O)Nc2ccc(NC(=O)Nc3ccccc3)cc2)cc1. The van der Waals surface area contributed by atoms with Gasteiger partial charge in [-0.15, -0.1) is 0 Å². The number of amides is 3. The maximum Gasteiger partial charge on any atom is 0.323 e. The summed E-state index contributed by atoms with van der Waals surface area (Å²) in [7, 11) is 0. The number of benzene rings is 3. The van der Waals surface area contributed by atoms with Crippen LogP contribution in [0.5, 0.6) is 5.75 Å². The second-order valence-corrected chi connectivity index (χ2v) is 6.36. The van der Waals surface area contributed by atoms with Gasteiger partial charge in [0, 0.05) is 17.1 Å². The molecule has 0 unspecified atom stereocenters. The molecule has 3 aromatic carbocycles. The molecule has 0 saturated heterocycles. The van der Waals surface area contributed by atoms with Gasteiger partial charge < -0.3 is 20.7 Å². The predicted octanol–water partition coefficient (Wildman–Crippen LogP) is 4.91. The fourth-order valence-corrected chi connectivity index (χ4v) is 2.62. The quantitative estimate of drug-likeness (QED) is 0.537. The summed E-state index contributed by atoms with van der Waals surface area (Å²) in [5, 5.41) is 8.24. The first-order chi connectivity index (χ1) is 14.1. The van der Waals surface area contributed by atoms with Gasteiger partial charge in [-0.25, -0.2) is 4.79 Å². The van der Waals surface area contributed by atoms with Crippen LogP contribution in [0, 0.1) is 0 Å². The Labute approximate surface area is 169 Å². The molecule has 0 spiro atoms. The highest BCUT2D eigenvalue weighted by molar-refractivity contribution is 6.00. The molecule has 3 amide bonds. The number of aryl methyl sites for hydroxylation is 1. The summed E-state index contributed by atoms with van der Waals surface area (Å²) in [6.07, 6.45) is 0.958. The zero-order valence-electron chi connectivity index (χ0n) is 16.1. The van der Waals surface area contributed by atoms with Crippen molar-refractivity contribution in [2.24, 2.45) is 0 Å². The van der Waals surface area contributed by atoms with Crippen LogP contribution in [0.3, 0.4) is 0 Å². The Morgan fingerprint density at radius 1 is 0.724 bits per heavy atom. The van der Waals surface area contributed by atoms with Crippen LogP contribution in [-0.2, 0) is 11.2 Å². The first kappa shape index (κ1) is 19.9. The molecule has 0 bridgehead atoms. The number of rotatable bonds is 7. The molecule has 0 heterocycles. The highest BCUT2D eigenvalue weighted by Gasteiger charge is 2.06. The Balaban J connectivity index is 1.45. The second kappa shape index (κ2) is 9.94. The minimum Gasteiger partial charge on any atom is -0.484 e. The lowest BCUT2D eigenvalue weighted by atomic mass is 10.2. The summed E-state index contributed by atoms with van der Waals surface area (Å²) in [5.41, 5.74) is 3.16. The number of hydrogen-bond donors (Lipinski definition) is 3. The van der Waals surface area contributed by atoms with Crippen molar-refractivity contribution < 1.29 is 14.3 Å². The minimum absolute atomic E-state index is 0.0784.